The van der Waals surface area contributed by atoms with E-state index in [1.54, 1.807) is 12.1 Å². The van der Waals surface area contributed by atoms with Crippen molar-refractivity contribution in [3.63, 3.8) is 0 Å². The van der Waals surface area contributed by atoms with Crippen molar-refractivity contribution in [1.29, 1.82) is 0 Å². The Morgan fingerprint density at radius 1 is 1.29 bits per heavy atom. The van der Waals surface area contributed by atoms with Gasteiger partial charge in [0.25, 0.3) is 0 Å². The molecule has 0 radical (unpaired) electrons. The van der Waals surface area contributed by atoms with Gasteiger partial charge in [0.05, 0.1) is 18.4 Å². The number of ether oxygens (including phenoxy) is 1. The molecular weight excluding hydrogens is 292 g/mol. The lowest BCUT2D eigenvalue weighted by molar-refractivity contribution is -0.120. The van der Waals surface area contributed by atoms with Gasteiger partial charge in [-0.05, 0) is 43.9 Å². The standard InChI is InChI=1S/C15H19ClN2O3/c1-21-15(20)12-8-10(16)4-7-13(12)18-14(19)9-2-5-11(17)6-3-9/h4,7-9,11H,2-3,5-6,17H2,1H3,(H,18,19). The van der Waals surface area contributed by atoms with Gasteiger partial charge in [0.1, 0.15) is 0 Å². The lowest BCUT2D eigenvalue weighted by Crippen LogP contribution is -2.32. The predicted octanol–water partition coefficient (Wildman–Crippen LogP) is 2.58. The minimum atomic E-state index is -0.529. The van der Waals surface area contributed by atoms with E-state index in [0.717, 1.165) is 25.7 Å². The lowest BCUT2D eigenvalue weighted by atomic mass is 9.86. The van der Waals surface area contributed by atoms with Crippen molar-refractivity contribution in [3.05, 3.63) is 28.8 Å². The fraction of sp³-hybridized carbons (Fsp3) is 0.467. The van der Waals surface area contributed by atoms with Crippen LogP contribution >= 0.6 is 11.6 Å². The third kappa shape index (κ3) is 3.95. The second-order valence-electron chi connectivity index (χ2n) is 5.28. The highest BCUT2D eigenvalue weighted by atomic mass is 35.5. The number of benzene rings is 1. The van der Waals surface area contributed by atoms with E-state index in [1.165, 1.54) is 13.2 Å². The predicted molar refractivity (Wildman–Crippen MR) is 81.4 cm³/mol. The van der Waals surface area contributed by atoms with Crippen LogP contribution in [0.3, 0.4) is 0 Å². The normalized spacial score (nSPS) is 21.7. The van der Waals surface area contributed by atoms with Crippen molar-refractivity contribution >= 4 is 29.2 Å². The van der Waals surface area contributed by atoms with Crippen molar-refractivity contribution in [2.45, 2.75) is 31.7 Å². The number of hydrogen-bond acceptors (Lipinski definition) is 4. The van der Waals surface area contributed by atoms with E-state index in [2.05, 4.69) is 5.32 Å². The number of halogens is 1. The Balaban J connectivity index is 2.12. The van der Waals surface area contributed by atoms with Gasteiger partial charge in [-0.3, -0.25) is 4.79 Å². The summed E-state index contributed by atoms with van der Waals surface area (Å²) in [6.45, 7) is 0. The van der Waals surface area contributed by atoms with Gasteiger partial charge in [0.15, 0.2) is 0 Å². The number of methoxy groups -OCH3 is 1. The van der Waals surface area contributed by atoms with Gasteiger partial charge in [-0.15, -0.1) is 0 Å². The van der Waals surface area contributed by atoms with Crippen molar-refractivity contribution in [2.24, 2.45) is 11.7 Å². The molecule has 5 nitrogen and oxygen atoms in total. The molecule has 1 aromatic carbocycles. The molecule has 0 spiro atoms. The molecule has 1 amide bonds. The summed E-state index contributed by atoms with van der Waals surface area (Å²) >= 11 is 5.88. The summed E-state index contributed by atoms with van der Waals surface area (Å²) in [5.74, 6) is -0.682. The first-order valence-corrected chi connectivity index (χ1v) is 7.33. The molecule has 0 atom stereocenters. The summed E-state index contributed by atoms with van der Waals surface area (Å²) in [6, 6.07) is 4.91. The summed E-state index contributed by atoms with van der Waals surface area (Å²) < 4.78 is 4.71. The Labute approximate surface area is 128 Å². The quantitative estimate of drug-likeness (QED) is 0.841. The molecule has 1 aromatic rings. The van der Waals surface area contributed by atoms with Crippen molar-refractivity contribution in [2.75, 3.05) is 12.4 Å². The molecule has 3 N–H and O–H groups in total. The summed E-state index contributed by atoms with van der Waals surface area (Å²) in [5.41, 5.74) is 6.52. The zero-order valence-corrected chi connectivity index (χ0v) is 12.7. The van der Waals surface area contributed by atoms with E-state index >= 15 is 0 Å². The molecule has 1 fully saturated rings. The van der Waals surface area contributed by atoms with Crippen LogP contribution in [0.4, 0.5) is 5.69 Å². The Kier molecular flexibility index (Phi) is 5.20. The zero-order valence-electron chi connectivity index (χ0n) is 11.9. The number of nitrogens with one attached hydrogen (secondary N) is 1. The summed E-state index contributed by atoms with van der Waals surface area (Å²) in [6.07, 6.45) is 3.24. The van der Waals surface area contributed by atoms with E-state index in [9.17, 15) is 9.59 Å². The number of esters is 1. The largest absolute Gasteiger partial charge is 0.465 e. The highest BCUT2D eigenvalue weighted by Gasteiger charge is 2.25. The Hall–Kier alpha value is -1.59. The van der Waals surface area contributed by atoms with Gasteiger partial charge < -0.3 is 15.8 Å². The maximum Gasteiger partial charge on any atom is 0.340 e. The van der Waals surface area contributed by atoms with Crippen LogP contribution < -0.4 is 11.1 Å². The number of nitrogens with two attached hydrogens (primary N) is 1. The molecule has 6 heteroatoms. The summed E-state index contributed by atoms with van der Waals surface area (Å²) in [7, 11) is 1.29. The number of anilines is 1. The fourth-order valence-electron chi connectivity index (χ4n) is 2.52. The Bertz CT molecular complexity index is 540. The van der Waals surface area contributed by atoms with Gasteiger partial charge in [-0.1, -0.05) is 11.6 Å². The van der Waals surface area contributed by atoms with Gasteiger partial charge in [0.2, 0.25) is 5.91 Å². The molecule has 1 aliphatic rings. The number of rotatable bonds is 3. The molecule has 1 saturated carbocycles. The maximum absolute atomic E-state index is 12.3. The highest BCUT2D eigenvalue weighted by molar-refractivity contribution is 6.31. The third-order valence-corrected chi connectivity index (χ3v) is 4.02. The monoisotopic (exact) mass is 310 g/mol. The first-order valence-electron chi connectivity index (χ1n) is 6.95. The number of hydrogen-bond donors (Lipinski definition) is 2. The van der Waals surface area contributed by atoms with Crippen LogP contribution in [0.2, 0.25) is 5.02 Å². The van der Waals surface area contributed by atoms with E-state index in [0.29, 0.717) is 10.7 Å². The second kappa shape index (κ2) is 6.91. The number of carbonyl (C=O) groups is 2. The van der Waals surface area contributed by atoms with Crippen molar-refractivity contribution in [3.8, 4) is 0 Å². The molecule has 0 heterocycles. The second-order valence-corrected chi connectivity index (χ2v) is 5.72. The molecule has 0 unspecified atom stereocenters. The first-order chi connectivity index (χ1) is 10.0. The van der Waals surface area contributed by atoms with Crippen LogP contribution in [0.25, 0.3) is 0 Å². The van der Waals surface area contributed by atoms with Gasteiger partial charge in [-0.2, -0.15) is 0 Å². The Morgan fingerprint density at radius 3 is 2.57 bits per heavy atom. The van der Waals surface area contributed by atoms with Crippen LogP contribution in [0.1, 0.15) is 36.0 Å². The van der Waals surface area contributed by atoms with Gasteiger partial charge in [0, 0.05) is 17.0 Å². The molecule has 114 valence electrons. The number of amides is 1. The average Bonchev–Trinajstić information content (AvgIpc) is 2.48. The maximum atomic E-state index is 12.3. The molecule has 0 aliphatic heterocycles. The molecule has 0 aromatic heterocycles. The van der Waals surface area contributed by atoms with E-state index in [1.807, 2.05) is 0 Å². The molecule has 21 heavy (non-hydrogen) atoms. The Morgan fingerprint density at radius 2 is 1.95 bits per heavy atom. The van der Waals surface area contributed by atoms with E-state index in [-0.39, 0.29) is 23.4 Å². The van der Waals surface area contributed by atoms with Gasteiger partial charge >= 0.3 is 5.97 Å². The van der Waals surface area contributed by atoms with Crippen LogP contribution in [-0.2, 0) is 9.53 Å². The third-order valence-electron chi connectivity index (χ3n) is 3.79. The topological polar surface area (TPSA) is 81.4 Å². The first kappa shape index (κ1) is 15.8. The summed E-state index contributed by atoms with van der Waals surface area (Å²) in [4.78, 5) is 24.0. The van der Waals surface area contributed by atoms with Crippen LogP contribution in [-0.4, -0.2) is 25.0 Å². The van der Waals surface area contributed by atoms with E-state index < -0.39 is 5.97 Å². The SMILES string of the molecule is COC(=O)c1cc(Cl)ccc1NC(=O)C1CCC(N)CC1. The van der Waals surface area contributed by atoms with Crippen LogP contribution in [0.5, 0.6) is 0 Å². The fourth-order valence-corrected chi connectivity index (χ4v) is 2.69. The van der Waals surface area contributed by atoms with Crippen LogP contribution in [0.15, 0.2) is 18.2 Å². The average molecular weight is 311 g/mol. The highest BCUT2D eigenvalue weighted by Crippen LogP contribution is 2.26. The minimum absolute atomic E-state index is 0.0639. The molecular formula is C15H19ClN2O3. The van der Waals surface area contributed by atoms with E-state index in [4.69, 9.17) is 22.1 Å². The zero-order chi connectivity index (χ0) is 15.4. The molecule has 1 aliphatic carbocycles. The smallest absolute Gasteiger partial charge is 0.340 e. The van der Waals surface area contributed by atoms with Crippen LogP contribution in [0, 0.1) is 5.92 Å². The lowest BCUT2D eigenvalue weighted by Gasteiger charge is -2.25. The van der Waals surface area contributed by atoms with Crippen molar-refractivity contribution in [1.82, 2.24) is 0 Å². The minimum Gasteiger partial charge on any atom is -0.465 e. The molecule has 0 saturated heterocycles. The van der Waals surface area contributed by atoms with Crippen molar-refractivity contribution < 1.29 is 14.3 Å². The molecule has 0 bridgehead atoms. The molecule has 2 rings (SSSR count). The van der Waals surface area contributed by atoms with Gasteiger partial charge in [-0.25, -0.2) is 4.79 Å². The number of carbonyl (C=O) groups excluding carboxylic acids is 2. The summed E-state index contributed by atoms with van der Waals surface area (Å²) in [5, 5.41) is 3.21.